The molecule has 0 amide bonds. The van der Waals surface area contributed by atoms with Crippen LogP contribution in [0.15, 0.2) is 0 Å². The molecular weight excluding hydrogens is 204 g/mol. The Labute approximate surface area is 100 Å². The van der Waals surface area contributed by atoms with Crippen LogP contribution in [0.2, 0.25) is 0 Å². The molecule has 3 unspecified atom stereocenters. The summed E-state index contributed by atoms with van der Waals surface area (Å²) in [5.41, 5.74) is 5.90. The topological polar surface area (TPSA) is 47.7 Å². The van der Waals surface area contributed by atoms with Gasteiger partial charge in [-0.25, -0.2) is 0 Å². The average molecular weight is 232 g/mol. The van der Waals surface area contributed by atoms with Crippen LogP contribution in [0.5, 0.6) is 0 Å². The van der Waals surface area contributed by atoms with Crippen molar-refractivity contribution in [3.8, 4) is 0 Å². The fraction of sp³-hybridized carbons (Fsp3) is 1.00. The van der Waals surface area contributed by atoms with Crippen molar-refractivity contribution in [3.63, 3.8) is 0 Å². The molecule has 0 aromatic carbocycles. The predicted molar refractivity (Wildman–Crippen MR) is 67.6 cm³/mol. The van der Waals surface area contributed by atoms with E-state index in [9.17, 15) is 0 Å². The first-order valence-electron chi connectivity index (χ1n) is 6.00. The maximum atomic E-state index is 5.90. The molecule has 0 aliphatic heterocycles. The molecular formula is C12H28N2O2. The maximum Gasteiger partial charge on any atom is 0.0615 e. The van der Waals surface area contributed by atoms with Crippen molar-refractivity contribution in [1.82, 2.24) is 4.90 Å². The Balaban J connectivity index is 4.18. The fourth-order valence-corrected chi connectivity index (χ4v) is 1.58. The van der Waals surface area contributed by atoms with Crippen LogP contribution in [0.3, 0.4) is 0 Å². The number of rotatable bonds is 9. The van der Waals surface area contributed by atoms with Gasteiger partial charge in [0.1, 0.15) is 0 Å². The second-order valence-corrected chi connectivity index (χ2v) is 4.63. The van der Waals surface area contributed by atoms with Gasteiger partial charge in [0, 0.05) is 39.4 Å². The van der Waals surface area contributed by atoms with Crippen LogP contribution in [0.4, 0.5) is 0 Å². The normalized spacial score (nSPS) is 17.4. The highest BCUT2D eigenvalue weighted by Gasteiger charge is 2.18. The van der Waals surface area contributed by atoms with Crippen LogP contribution in [0, 0.1) is 5.92 Å². The lowest BCUT2D eigenvalue weighted by atomic mass is 10.0. The van der Waals surface area contributed by atoms with E-state index in [4.69, 9.17) is 15.2 Å². The first-order valence-corrected chi connectivity index (χ1v) is 6.00. The number of methoxy groups -OCH3 is 2. The minimum Gasteiger partial charge on any atom is -0.383 e. The summed E-state index contributed by atoms with van der Waals surface area (Å²) < 4.78 is 10.3. The molecule has 4 nitrogen and oxygen atoms in total. The number of hydrogen-bond donors (Lipinski definition) is 1. The third kappa shape index (κ3) is 6.43. The zero-order valence-corrected chi connectivity index (χ0v) is 11.4. The highest BCUT2D eigenvalue weighted by Crippen LogP contribution is 2.07. The molecule has 0 aliphatic rings. The summed E-state index contributed by atoms with van der Waals surface area (Å²) in [6.45, 7) is 9.83. The molecule has 0 aromatic heterocycles. The third-order valence-corrected chi connectivity index (χ3v) is 3.03. The number of nitrogens with zero attached hydrogens (tertiary/aromatic N) is 1. The van der Waals surface area contributed by atoms with Crippen molar-refractivity contribution in [2.24, 2.45) is 11.7 Å². The van der Waals surface area contributed by atoms with Gasteiger partial charge in [0.25, 0.3) is 0 Å². The van der Waals surface area contributed by atoms with E-state index >= 15 is 0 Å². The molecule has 0 fully saturated rings. The Bertz CT molecular complexity index is 165. The highest BCUT2D eigenvalue weighted by molar-refractivity contribution is 4.73. The van der Waals surface area contributed by atoms with Crippen LogP contribution >= 0.6 is 0 Å². The molecule has 0 radical (unpaired) electrons. The van der Waals surface area contributed by atoms with E-state index in [1.807, 2.05) is 0 Å². The van der Waals surface area contributed by atoms with E-state index in [1.165, 1.54) is 0 Å². The van der Waals surface area contributed by atoms with Crippen molar-refractivity contribution in [3.05, 3.63) is 0 Å². The zero-order valence-electron chi connectivity index (χ0n) is 11.4. The highest BCUT2D eigenvalue weighted by atomic mass is 16.5. The Kier molecular flexibility index (Phi) is 8.84. The van der Waals surface area contributed by atoms with E-state index < -0.39 is 0 Å². The Morgan fingerprint density at radius 3 is 2.19 bits per heavy atom. The standard InChI is InChI=1S/C12H28N2O2/c1-10(12(3)13)8-14(6-7-15-4)11(2)9-16-5/h10-12H,6-9,13H2,1-5H3. The van der Waals surface area contributed by atoms with E-state index in [2.05, 4.69) is 25.7 Å². The molecule has 0 aromatic rings. The molecule has 16 heavy (non-hydrogen) atoms. The summed E-state index contributed by atoms with van der Waals surface area (Å²) >= 11 is 0. The Morgan fingerprint density at radius 2 is 1.75 bits per heavy atom. The van der Waals surface area contributed by atoms with Gasteiger partial charge in [-0.1, -0.05) is 6.92 Å². The van der Waals surface area contributed by atoms with Gasteiger partial charge in [-0.15, -0.1) is 0 Å². The summed E-state index contributed by atoms with van der Waals surface area (Å²) in [5, 5.41) is 0. The van der Waals surface area contributed by atoms with Crippen LogP contribution < -0.4 is 5.73 Å². The SMILES string of the molecule is COCCN(CC(C)C(C)N)C(C)COC. The lowest BCUT2D eigenvalue weighted by molar-refractivity contribution is 0.0645. The van der Waals surface area contributed by atoms with Crippen molar-refractivity contribution in [2.75, 3.05) is 40.5 Å². The number of ether oxygens (including phenoxy) is 2. The van der Waals surface area contributed by atoms with E-state index in [0.29, 0.717) is 12.0 Å². The Hall–Kier alpha value is -0.160. The van der Waals surface area contributed by atoms with Gasteiger partial charge < -0.3 is 15.2 Å². The molecule has 3 atom stereocenters. The van der Waals surface area contributed by atoms with Gasteiger partial charge in [0.05, 0.1) is 13.2 Å². The Morgan fingerprint density at radius 1 is 1.12 bits per heavy atom. The van der Waals surface area contributed by atoms with Crippen molar-refractivity contribution in [1.29, 1.82) is 0 Å². The van der Waals surface area contributed by atoms with E-state index in [1.54, 1.807) is 14.2 Å². The summed E-state index contributed by atoms with van der Waals surface area (Å²) in [6, 6.07) is 0.626. The molecule has 98 valence electrons. The smallest absolute Gasteiger partial charge is 0.0615 e. The van der Waals surface area contributed by atoms with Crippen molar-refractivity contribution >= 4 is 0 Å². The summed E-state index contributed by atoms with van der Waals surface area (Å²) in [7, 11) is 3.47. The van der Waals surface area contributed by atoms with Gasteiger partial charge in [0.2, 0.25) is 0 Å². The maximum absolute atomic E-state index is 5.90. The summed E-state index contributed by atoms with van der Waals surface area (Å²) in [6.07, 6.45) is 0. The zero-order chi connectivity index (χ0) is 12.6. The minimum absolute atomic E-state index is 0.222. The molecule has 0 heterocycles. The van der Waals surface area contributed by atoms with Crippen LogP contribution in [0.1, 0.15) is 20.8 Å². The third-order valence-electron chi connectivity index (χ3n) is 3.03. The molecule has 0 rings (SSSR count). The monoisotopic (exact) mass is 232 g/mol. The fourth-order valence-electron chi connectivity index (χ4n) is 1.58. The van der Waals surface area contributed by atoms with Crippen LogP contribution in [0.25, 0.3) is 0 Å². The summed E-state index contributed by atoms with van der Waals surface area (Å²) in [5.74, 6) is 0.483. The largest absolute Gasteiger partial charge is 0.383 e. The second-order valence-electron chi connectivity index (χ2n) is 4.63. The van der Waals surface area contributed by atoms with E-state index in [-0.39, 0.29) is 6.04 Å². The molecule has 0 saturated carbocycles. The quantitative estimate of drug-likeness (QED) is 0.643. The first kappa shape index (κ1) is 15.8. The van der Waals surface area contributed by atoms with Crippen molar-refractivity contribution < 1.29 is 9.47 Å². The molecule has 0 spiro atoms. The molecule has 2 N–H and O–H groups in total. The van der Waals surface area contributed by atoms with Crippen molar-refractivity contribution in [2.45, 2.75) is 32.9 Å². The molecule has 0 saturated heterocycles. The second kappa shape index (κ2) is 8.93. The van der Waals surface area contributed by atoms with Gasteiger partial charge in [-0.2, -0.15) is 0 Å². The van der Waals surface area contributed by atoms with Gasteiger partial charge in [0.15, 0.2) is 0 Å². The summed E-state index contributed by atoms with van der Waals surface area (Å²) in [4.78, 5) is 2.38. The molecule has 4 heteroatoms. The lowest BCUT2D eigenvalue weighted by Crippen LogP contribution is -2.44. The van der Waals surface area contributed by atoms with Gasteiger partial charge in [-0.05, 0) is 19.8 Å². The number of nitrogens with two attached hydrogens (primary N) is 1. The lowest BCUT2D eigenvalue weighted by Gasteiger charge is -2.32. The average Bonchev–Trinajstić information content (AvgIpc) is 2.23. The first-order chi connectivity index (χ1) is 7.52. The predicted octanol–water partition coefficient (Wildman–Crippen LogP) is 0.953. The van der Waals surface area contributed by atoms with Crippen LogP contribution in [-0.4, -0.2) is 57.5 Å². The van der Waals surface area contributed by atoms with Crippen LogP contribution in [-0.2, 0) is 9.47 Å². The molecule has 0 bridgehead atoms. The van der Waals surface area contributed by atoms with Gasteiger partial charge in [-0.3, -0.25) is 4.90 Å². The van der Waals surface area contributed by atoms with Gasteiger partial charge >= 0.3 is 0 Å². The van der Waals surface area contributed by atoms with E-state index in [0.717, 1.165) is 26.3 Å². The molecule has 0 aliphatic carbocycles. The minimum atomic E-state index is 0.222. The number of hydrogen-bond acceptors (Lipinski definition) is 4.